The minimum atomic E-state index is 0.850. The molecule has 4 nitrogen and oxygen atoms in total. The maximum atomic E-state index is 6.56. The Morgan fingerprint density at radius 1 is 0.257 bits per heavy atom. The van der Waals surface area contributed by atoms with Gasteiger partial charge in [-0.1, -0.05) is 121 Å². The van der Waals surface area contributed by atoms with Crippen molar-refractivity contribution in [1.82, 2.24) is 0 Å². The highest BCUT2D eigenvalue weighted by molar-refractivity contribution is 7.26. The molecule has 6 heteroatoms. The standard InChI is InChI=1S/C64H41N3OS2/c1-4-18-44(19-5-1)65(47-29-28-42-16-10-11-17-43(42)36-47)48-31-35-63-56(37-48)57-39-51(66(45-20-6-2-7-21-45)50-30-33-53-52-24-12-14-26-59(52)68-60(53)41-50)40-58(64(57)70-63)67(46-22-8-3-9-23-46)49-32-34-62-55(38-49)54-25-13-15-27-61(54)69-62/h1-41H. The number of benzene rings is 11. The predicted molar refractivity (Wildman–Crippen MR) is 301 cm³/mol. The van der Waals surface area contributed by atoms with Crippen molar-refractivity contribution in [3.8, 4) is 0 Å². The van der Waals surface area contributed by atoms with Crippen LogP contribution >= 0.6 is 22.7 Å². The maximum absolute atomic E-state index is 6.56. The lowest BCUT2D eigenvalue weighted by Crippen LogP contribution is -2.13. The monoisotopic (exact) mass is 931 g/mol. The van der Waals surface area contributed by atoms with Crippen molar-refractivity contribution in [2.75, 3.05) is 14.7 Å². The summed E-state index contributed by atoms with van der Waals surface area (Å²) in [6, 6.07) is 90.1. The fraction of sp³-hybridized carbons (Fsp3) is 0. The lowest BCUT2D eigenvalue weighted by atomic mass is 10.0. The van der Waals surface area contributed by atoms with E-state index in [-0.39, 0.29) is 0 Å². The van der Waals surface area contributed by atoms with E-state index in [1.807, 2.05) is 34.8 Å². The third-order valence-electron chi connectivity index (χ3n) is 13.6. The largest absolute Gasteiger partial charge is 0.456 e. The van der Waals surface area contributed by atoms with Crippen LogP contribution in [0.2, 0.25) is 0 Å². The molecular formula is C64H41N3OS2. The van der Waals surface area contributed by atoms with E-state index in [1.54, 1.807) is 0 Å². The summed E-state index contributed by atoms with van der Waals surface area (Å²) in [4.78, 5) is 7.23. The molecule has 3 aromatic heterocycles. The third-order valence-corrected chi connectivity index (χ3v) is 15.9. The molecule has 0 aliphatic rings. The topological polar surface area (TPSA) is 22.9 Å². The highest BCUT2D eigenvalue weighted by atomic mass is 32.1. The van der Waals surface area contributed by atoms with Gasteiger partial charge in [-0.2, -0.15) is 0 Å². The number of furan rings is 1. The molecule has 330 valence electrons. The first-order chi connectivity index (χ1) is 34.7. The van der Waals surface area contributed by atoms with E-state index in [2.05, 4.69) is 251 Å². The summed E-state index contributed by atoms with van der Waals surface area (Å²) < 4.78 is 11.5. The van der Waals surface area contributed by atoms with E-state index in [1.165, 1.54) is 51.1 Å². The molecule has 0 amide bonds. The molecule has 0 spiro atoms. The van der Waals surface area contributed by atoms with Crippen LogP contribution in [0, 0.1) is 0 Å². The molecule has 70 heavy (non-hydrogen) atoms. The highest BCUT2D eigenvalue weighted by Crippen LogP contribution is 2.51. The molecule has 0 fully saturated rings. The van der Waals surface area contributed by atoms with Gasteiger partial charge in [-0.05, 0) is 132 Å². The smallest absolute Gasteiger partial charge is 0.137 e. The highest BCUT2D eigenvalue weighted by Gasteiger charge is 2.25. The summed E-state index contributed by atoms with van der Waals surface area (Å²) in [6.07, 6.45) is 0. The molecule has 14 rings (SSSR count). The minimum absolute atomic E-state index is 0.850. The van der Waals surface area contributed by atoms with Crippen molar-refractivity contribution >= 4 is 147 Å². The molecule has 0 unspecified atom stereocenters. The second-order valence-corrected chi connectivity index (χ2v) is 19.9. The van der Waals surface area contributed by atoms with Gasteiger partial charge in [0.2, 0.25) is 0 Å². The van der Waals surface area contributed by atoms with Gasteiger partial charge in [-0.3, -0.25) is 0 Å². The first-order valence-electron chi connectivity index (χ1n) is 23.6. The third kappa shape index (κ3) is 6.79. The number of hydrogen-bond acceptors (Lipinski definition) is 6. The van der Waals surface area contributed by atoms with Crippen molar-refractivity contribution in [3.05, 3.63) is 249 Å². The first kappa shape index (κ1) is 40.4. The van der Waals surface area contributed by atoms with Crippen LogP contribution in [-0.2, 0) is 0 Å². The van der Waals surface area contributed by atoms with Crippen molar-refractivity contribution < 1.29 is 4.42 Å². The quantitative estimate of drug-likeness (QED) is 0.144. The number of rotatable bonds is 9. The molecule has 11 aromatic carbocycles. The molecule has 0 saturated heterocycles. The zero-order valence-corrected chi connectivity index (χ0v) is 39.4. The van der Waals surface area contributed by atoms with Gasteiger partial charge < -0.3 is 19.1 Å². The first-order valence-corrected chi connectivity index (χ1v) is 25.2. The van der Waals surface area contributed by atoms with E-state index in [0.29, 0.717) is 0 Å². The SMILES string of the molecule is c1ccc(N(c2ccc3ccccc3c2)c2ccc3sc4c(N(c5ccccc5)c5ccc6sc7ccccc7c6c5)cc(N(c5ccccc5)c5ccc6c(c5)oc5ccccc56)cc4c3c2)cc1. The number of anilines is 9. The fourth-order valence-electron chi connectivity index (χ4n) is 10.3. The number of thiophene rings is 2. The lowest BCUT2D eigenvalue weighted by molar-refractivity contribution is 0.669. The van der Waals surface area contributed by atoms with E-state index in [9.17, 15) is 0 Å². The summed E-state index contributed by atoms with van der Waals surface area (Å²) in [5.74, 6) is 0. The maximum Gasteiger partial charge on any atom is 0.137 e. The van der Waals surface area contributed by atoms with Crippen LogP contribution in [-0.4, -0.2) is 0 Å². The van der Waals surface area contributed by atoms with Crippen molar-refractivity contribution in [2.24, 2.45) is 0 Å². The van der Waals surface area contributed by atoms with Crippen LogP contribution in [0.4, 0.5) is 51.2 Å². The summed E-state index contributed by atoms with van der Waals surface area (Å²) in [7, 11) is 0. The zero-order chi connectivity index (χ0) is 46.1. The number of nitrogens with zero attached hydrogens (tertiary/aromatic N) is 3. The Balaban J connectivity index is 1.05. The van der Waals surface area contributed by atoms with Gasteiger partial charge in [-0.15, -0.1) is 22.7 Å². The fourth-order valence-corrected chi connectivity index (χ4v) is 12.6. The predicted octanol–water partition coefficient (Wildman–Crippen LogP) is 19.9. The normalized spacial score (nSPS) is 11.7. The van der Waals surface area contributed by atoms with Crippen LogP contribution in [0.1, 0.15) is 0 Å². The van der Waals surface area contributed by atoms with E-state index in [4.69, 9.17) is 4.42 Å². The molecule has 0 aliphatic heterocycles. The van der Waals surface area contributed by atoms with E-state index < -0.39 is 0 Å². The lowest BCUT2D eigenvalue weighted by Gasteiger charge is -2.30. The number of fused-ring (bicyclic) bond motifs is 10. The minimum Gasteiger partial charge on any atom is -0.456 e. The summed E-state index contributed by atoms with van der Waals surface area (Å²) in [5.41, 5.74) is 11.4. The molecule has 0 radical (unpaired) electrons. The van der Waals surface area contributed by atoms with Gasteiger partial charge in [0.1, 0.15) is 11.2 Å². The summed E-state index contributed by atoms with van der Waals surface area (Å²) >= 11 is 3.70. The Labute approximate surface area is 412 Å². The molecule has 3 heterocycles. The molecule has 0 N–H and O–H groups in total. The Morgan fingerprint density at radius 3 is 1.49 bits per heavy atom. The van der Waals surface area contributed by atoms with Crippen LogP contribution in [0.25, 0.3) is 73.1 Å². The van der Waals surface area contributed by atoms with Gasteiger partial charge in [0.05, 0.1) is 10.4 Å². The van der Waals surface area contributed by atoms with Gasteiger partial charge in [-0.25, -0.2) is 0 Å². The van der Waals surface area contributed by atoms with Crippen LogP contribution in [0.3, 0.4) is 0 Å². The van der Waals surface area contributed by atoms with Crippen molar-refractivity contribution in [2.45, 2.75) is 0 Å². The average molecular weight is 932 g/mol. The van der Waals surface area contributed by atoms with Crippen LogP contribution < -0.4 is 14.7 Å². The van der Waals surface area contributed by atoms with Gasteiger partial charge in [0.15, 0.2) is 0 Å². The molecule has 0 bridgehead atoms. The van der Waals surface area contributed by atoms with Crippen molar-refractivity contribution in [3.63, 3.8) is 0 Å². The molecular weight excluding hydrogens is 891 g/mol. The van der Waals surface area contributed by atoms with Gasteiger partial charge in [0, 0.05) is 98.0 Å². The number of para-hydroxylation sites is 4. The molecule has 0 aliphatic carbocycles. The molecule has 0 saturated carbocycles. The Hall–Kier alpha value is -8.68. The van der Waals surface area contributed by atoms with Crippen LogP contribution in [0.5, 0.6) is 0 Å². The second kappa shape index (κ2) is 16.5. The van der Waals surface area contributed by atoms with E-state index in [0.717, 1.165) is 73.1 Å². The molecule has 14 aromatic rings. The summed E-state index contributed by atoms with van der Waals surface area (Å²) in [6.45, 7) is 0. The Morgan fingerprint density at radius 2 is 0.743 bits per heavy atom. The summed E-state index contributed by atoms with van der Waals surface area (Å²) in [5, 5.41) is 9.53. The number of hydrogen-bond donors (Lipinski definition) is 0. The molecule has 0 atom stereocenters. The van der Waals surface area contributed by atoms with E-state index >= 15 is 0 Å². The second-order valence-electron chi connectivity index (χ2n) is 17.7. The van der Waals surface area contributed by atoms with Crippen molar-refractivity contribution in [1.29, 1.82) is 0 Å². The Kier molecular flexibility index (Phi) is 9.54. The van der Waals surface area contributed by atoms with Crippen LogP contribution in [0.15, 0.2) is 253 Å². The zero-order valence-electron chi connectivity index (χ0n) is 37.7. The average Bonchev–Trinajstić information content (AvgIpc) is 4.11. The Bertz CT molecular complexity index is 4270. The van der Waals surface area contributed by atoms with Gasteiger partial charge >= 0.3 is 0 Å². The van der Waals surface area contributed by atoms with Gasteiger partial charge in [0.25, 0.3) is 0 Å².